The molecule has 2 rings (SSSR count). The highest BCUT2D eigenvalue weighted by molar-refractivity contribution is 5.95. The molecule has 26 heavy (non-hydrogen) atoms. The molecule has 0 aromatic carbocycles. The van der Waals surface area contributed by atoms with Crippen molar-refractivity contribution >= 4 is 18.0 Å². The van der Waals surface area contributed by atoms with Gasteiger partial charge in [-0.1, -0.05) is 36.3 Å². The number of ether oxygens (including phenoxy) is 1. The largest absolute Gasteiger partial charge is 0.462 e. The Hall–Kier alpha value is -1.97. The molecule has 0 N–H and O–H groups in total. The number of rotatable bonds is 6. The topological polar surface area (TPSA) is 60.4 Å². The first-order valence-corrected chi connectivity index (χ1v) is 9.40. The number of hydrogen-bond acceptors (Lipinski definition) is 4. The molecule has 0 saturated heterocycles. The second-order valence-corrected chi connectivity index (χ2v) is 7.89. The third-order valence-corrected chi connectivity index (χ3v) is 5.72. The van der Waals surface area contributed by atoms with Crippen molar-refractivity contribution in [1.82, 2.24) is 0 Å². The molecule has 1 fully saturated rings. The summed E-state index contributed by atoms with van der Waals surface area (Å²) >= 11 is 0. The lowest BCUT2D eigenvalue weighted by molar-refractivity contribution is -0.149. The second kappa shape index (κ2) is 8.61. The predicted octanol–water partition coefficient (Wildman–Crippen LogP) is 4.06. The van der Waals surface area contributed by atoms with E-state index in [9.17, 15) is 14.4 Å². The SMILES string of the molecule is CC(=O)O[C@@H]1C[C@@H](/C(C)=C\CC=C(C)C)[C@@H]([C@H]2C(=O)C=C[C@H]2C)[C@@H]1C=O. The van der Waals surface area contributed by atoms with Crippen LogP contribution in [0.15, 0.2) is 35.5 Å². The normalized spacial score (nSPS) is 34.0. The third-order valence-electron chi connectivity index (χ3n) is 5.72. The maximum absolute atomic E-state index is 12.5. The molecule has 4 nitrogen and oxygen atoms in total. The molecular formula is C22H30O4. The summed E-state index contributed by atoms with van der Waals surface area (Å²) in [7, 11) is 0. The average Bonchev–Trinajstić information content (AvgIpc) is 3.05. The molecule has 0 spiro atoms. The van der Waals surface area contributed by atoms with Crippen molar-refractivity contribution in [3.63, 3.8) is 0 Å². The van der Waals surface area contributed by atoms with Crippen LogP contribution in [0.3, 0.4) is 0 Å². The van der Waals surface area contributed by atoms with Crippen molar-refractivity contribution in [2.24, 2.45) is 29.6 Å². The highest BCUT2D eigenvalue weighted by atomic mass is 16.5. The van der Waals surface area contributed by atoms with Crippen LogP contribution in [0.1, 0.15) is 47.5 Å². The number of aldehydes is 1. The van der Waals surface area contributed by atoms with Gasteiger partial charge in [0.05, 0.1) is 5.92 Å². The maximum Gasteiger partial charge on any atom is 0.302 e. The first-order valence-electron chi connectivity index (χ1n) is 9.40. The van der Waals surface area contributed by atoms with E-state index < -0.39 is 12.0 Å². The van der Waals surface area contributed by atoms with Crippen LogP contribution >= 0.6 is 0 Å². The summed E-state index contributed by atoms with van der Waals surface area (Å²) in [5, 5.41) is 0. The Morgan fingerprint density at radius 1 is 1.23 bits per heavy atom. The molecule has 0 amide bonds. The van der Waals surface area contributed by atoms with Gasteiger partial charge in [-0.3, -0.25) is 9.59 Å². The van der Waals surface area contributed by atoms with E-state index in [4.69, 9.17) is 4.74 Å². The van der Waals surface area contributed by atoms with E-state index in [1.54, 1.807) is 6.08 Å². The number of hydrogen-bond donors (Lipinski definition) is 0. The summed E-state index contributed by atoms with van der Waals surface area (Å²) in [6, 6.07) is 0. The molecule has 6 atom stereocenters. The van der Waals surface area contributed by atoms with Crippen molar-refractivity contribution in [3.8, 4) is 0 Å². The number of carbonyl (C=O) groups excluding carboxylic acids is 3. The van der Waals surface area contributed by atoms with Gasteiger partial charge in [-0.15, -0.1) is 0 Å². The first-order chi connectivity index (χ1) is 12.3. The van der Waals surface area contributed by atoms with Crippen LogP contribution in [-0.2, 0) is 19.1 Å². The van der Waals surface area contributed by atoms with Gasteiger partial charge in [-0.25, -0.2) is 0 Å². The lowest BCUT2D eigenvalue weighted by Gasteiger charge is -2.30. The molecule has 142 valence electrons. The number of esters is 1. The molecule has 0 unspecified atom stereocenters. The molecular weight excluding hydrogens is 328 g/mol. The summed E-state index contributed by atoms with van der Waals surface area (Å²) < 4.78 is 5.46. The summed E-state index contributed by atoms with van der Waals surface area (Å²) in [6.45, 7) is 9.57. The minimum Gasteiger partial charge on any atom is -0.462 e. The van der Waals surface area contributed by atoms with Gasteiger partial charge in [0.1, 0.15) is 12.4 Å². The van der Waals surface area contributed by atoms with Gasteiger partial charge in [-0.05, 0) is 57.4 Å². The minimum absolute atomic E-state index is 0.0661. The monoisotopic (exact) mass is 358 g/mol. The average molecular weight is 358 g/mol. The quantitative estimate of drug-likeness (QED) is 0.408. The van der Waals surface area contributed by atoms with Crippen LogP contribution in [0.2, 0.25) is 0 Å². The summed E-state index contributed by atoms with van der Waals surface area (Å²) in [5.74, 6) is -0.918. The van der Waals surface area contributed by atoms with Gasteiger partial charge >= 0.3 is 5.97 Å². The highest BCUT2D eigenvalue weighted by Crippen LogP contribution is 2.49. The predicted molar refractivity (Wildman–Crippen MR) is 101 cm³/mol. The van der Waals surface area contributed by atoms with Gasteiger partial charge in [-0.2, -0.15) is 0 Å². The van der Waals surface area contributed by atoms with Crippen molar-refractivity contribution in [2.45, 2.75) is 53.6 Å². The molecule has 0 aromatic heterocycles. The zero-order valence-corrected chi connectivity index (χ0v) is 16.4. The van der Waals surface area contributed by atoms with E-state index in [1.165, 1.54) is 18.1 Å². The number of ketones is 1. The molecule has 1 saturated carbocycles. The molecule has 0 bridgehead atoms. The van der Waals surface area contributed by atoms with Crippen LogP contribution in [0, 0.1) is 29.6 Å². The van der Waals surface area contributed by atoms with Gasteiger partial charge in [0.2, 0.25) is 0 Å². The zero-order chi connectivity index (χ0) is 19.4. The van der Waals surface area contributed by atoms with Crippen LogP contribution in [0.4, 0.5) is 0 Å². The lowest BCUT2D eigenvalue weighted by Crippen LogP contribution is -2.35. The third kappa shape index (κ3) is 4.40. The summed E-state index contributed by atoms with van der Waals surface area (Å²) in [6.07, 6.45) is 9.74. The molecule has 2 aliphatic rings. The highest BCUT2D eigenvalue weighted by Gasteiger charge is 2.52. The van der Waals surface area contributed by atoms with Crippen LogP contribution in [-0.4, -0.2) is 24.1 Å². The fraction of sp³-hybridized carbons (Fsp3) is 0.591. The van der Waals surface area contributed by atoms with Crippen LogP contribution in [0.5, 0.6) is 0 Å². The van der Waals surface area contributed by atoms with E-state index in [0.717, 1.165) is 12.7 Å². The summed E-state index contributed by atoms with van der Waals surface area (Å²) in [5.41, 5.74) is 2.42. The van der Waals surface area contributed by atoms with Gasteiger partial charge in [0.25, 0.3) is 0 Å². The molecule has 0 radical (unpaired) electrons. The Balaban J connectivity index is 2.35. The molecule has 2 aliphatic carbocycles. The molecule has 0 aromatic rings. The lowest BCUT2D eigenvalue weighted by atomic mass is 9.72. The van der Waals surface area contributed by atoms with E-state index in [1.807, 2.05) is 13.0 Å². The maximum atomic E-state index is 12.5. The van der Waals surface area contributed by atoms with Crippen LogP contribution in [0.25, 0.3) is 0 Å². The second-order valence-electron chi connectivity index (χ2n) is 7.89. The zero-order valence-electron chi connectivity index (χ0n) is 16.4. The Bertz CT molecular complexity index is 651. The van der Waals surface area contributed by atoms with Crippen molar-refractivity contribution in [1.29, 1.82) is 0 Å². The molecule has 4 heteroatoms. The van der Waals surface area contributed by atoms with E-state index in [-0.39, 0.29) is 35.4 Å². The Morgan fingerprint density at radius 2 is 1.92 bits per heavy atom. The standard InChI is InChI=1S/C22H30O4/c1-13(2)7-6-8-14(3)17-11-20(26-16(5)24)18(12-23)22(17)21-15(4)9-10-19(21)25/h7-10,12,15,17-18,20-22H,6,11H2,1-5H3/b14-8-/t15-,17+,18-,20-,21-,22-/m1/s1. The number of allylic oxidation sites excluding steroid dienone is 6. The van der Waals surface area contributed by atoms with Crippen molar-refractivity contribution in [2.75, 3.05) is 0 Å². The Labute approximate surface area is 156 Å². The van der Waals surface area contributed by atoms with E-state index in [0.29, 0.717) is 6.42 Å². The van der Waals surface area contributed by atoms with Gasteiger partial charge in [0.15, 0.2) is 5.78 Å². The minimum atomic E-state index is -0.451. The molecule has 0 heterocycles. The fourth-order valence-corrected chi connectivity index (χ4v) is 4.49. The van der Waals surface area contributed by atoms with Gasteiger partial charge < -0.3 is 9.53 Å². The van der Waals surface area contributed by atoms with E-state index >= 15 is 0 Å². The number of carbonyl (C=O) groups is 3. The van der Waals surface area contributed by atoms with E-state index in [2.05, 4.69) is 32.9 Å². The summed E-state index contributed by atoms with van der Waals surface area (Å²) in [4.78, 5) is 35.9. The van der Waals surface area contributed by atoms with Gasteiger partial charge in [0, 0.05) is 12.8 Å². The first kappa shape index (κ1) is 20.3. The molecule has 0 aliphatic heterocycles. The fourth-order valence-electron chi connectivity index (χ4n) is 4.49. The Kier molecular flexibility index (Phi) is 6.74. The van der Waals surface area contributed by atoms with Crippen LogP contribution < -0.4 is 0 Å². The Morgan fingerprint density at radius 3 is 2.42 bits per heavy atom. The smallest absolute Gasteiger partial charge is 0.302 e. The van der Waals surface area contributed by atoms with Crippen molar-refractivity contribution in [3.05, 3.63) is 35.5 Å². The van der Waals surface area contributed by atoms with Crippen molar-refractivity contribution < 1.29 is 19.1 Å².